The number of hydrogen-bond acceptors (Lipinski definition) is 4. The van der Waals surface area contributed by atoms with Crippen molar-refractivity contribution in [3.05, 3.63) is 66.0 Å². The number of methoxy groups -OCH3 is 1. The molecular weight excluding hydrogens is 336 g/mol. The monoisotopic (exact) mass is 356 g/mol. The predicted molar refractivity (Wildman–Crippen MR) is 100 cm³/mol. The zero-order chi connectivity index (χ0) is 18.2. The lowest BCUT2D eigenvalue weighted by atomic mass is 10.1. The Labute approximate surface area is 147 Å². The molecular formula is C19H20N2O3S. The van der Waals surface area contributed by atoms with E-state index < -0.39 is 9.84 Å². The van der Waals surface area contributed by atoms with Crippen LogP contribution in [0, 0.1) is 6.92 Å². The molecule has 0 atom stereocenters. The van der Waals surface area contributed by atoms with Crippen molar-refractivity contribution >= 4 is 25.6 Å². The zero-order valence-electron chi connectivity index (χ0n) is 14.4. The molecule has 0 unspecified atom stereocenters. The number of benzene rings is 2. The van der Waals surface area contributed by atoms with Crippen LogP contribution in [0.25, 0.3) is 15.8 Å². The average molecular weight is 356 g/mol. The van der Waals surface area contributed by atoms with Crippen LogP contribution in [-0.2, 0) is 16.9 Å². The van der Waals surface area contributed by atoms with Crippen molar-refractivity contribution in [3.8, 4) is 5.75 Å². The molecule has 1 aromatic heterocycles. The lowest BCUT2D eigenvalue weighted by Gasteiger charge is -2.09. The summed E-state index contributed by atoms with van der Waals surface area (Å²) in [4.78, 5) is 0.296. The van der Waals surface area contributed by atoms with E-state index in [1.54, 1.807) is 37.6 Å². The molecule has 2 N–H and O–H groups in total. The second-order valence-corrected chi connectivity index (χ2v) is 7.80. The van der Waals surface area contributed by atoms with E-state index >= 15 is 0 Å². The average Bonchev–Trinajstić information content (AvgIpc) is 2.91. The first-order chi connectivity index (χ1) is 11.9. The molecule has 25 heavy (non-hydrogen) atoms. The van der Waals surface area contributed by atoms with Gasteiger partial charge >= 0.3 is 0 Å². The maximum atomic E-state index is 13.1. The largest absolute Gasteiger partial charge is 0.497 e. The van der Waals surface area contributed by atoms with Crippen LogP contribution >= 0.6 is 0 Å². The molecule has 0 spiro atoms. The van der Waals surface area contributed by atoms with Crippen molar-refractivity contribution in [3.63, 3.8) is 0 Å². The van der Waals surface area contributed by atoms with Gasteiger partial charge in [0, 0.05) is 35.9 Å². The minimum absolute atomic E-state index is 0.0789. The molecule has 5 nitrogen and oxygen atoms in total. The molecule has 6 heteroatoms. The molecule has 130 valence electrons. The van der Waals surface area contributed by atoms with Crippen LogP contribution in [0.15, 0.2) is 59.8 Å². The fraction of sp³-hybridized carbons (Fsp3) is 0.158. The molecule has 0 radical (unpaired) electrons. The number of rotatable bonds is 4. The smallest absolute Gasteiger partial charge is 0.208 e. The van der Waals surface area contributed by atoms with Crippen LogP contribution in [0.2, 0.25) is 0 Å². The van der Waals surface area contributed by atoms with E-state index in [4.69, 9.17) is 10.5 Å². The molecule has 0 aliphatic heterocycles. The van der Waals surface area contributed by atoms with Gasteiger partial charge < -0.3 is 15.0 Å². The van der Waals surface area contributed by atoms with Crippen molar-refractivity contribution in [2.45, 2.75) is 11.8 Å². The first-order valence-corrected chi connectivity index (χ1v) is 9.24. The molecule has 0 amide bonds. The number of nitrogens with two attached hydrogens (primary N) is 1. The summed E-state index contributed by atoms with van der Waals surface area (Å²) in [5.74, 6) is 0.657. The van der Waals surface area contributed by atoms with E-state index in [1.165, 1.54) is 0 Å². The Bertz CT molecular complexity index is 1060. The highest BCUT2D eigenvalue weighted by Gasteiger charge is 2.25. The van der Waals surface area contributed by atoms with Crippen molar-refractivity contribution in [2.24, 2.45) is 12.8 Å². The van der Waals surface area contributed by atoms with Crippen molar-refractivity contribution in [2.75, 3.05) is 7.11 Å². The molecule has 0 saturated heterocycles. The number of hydrogen-bond donors (Lipinski definition) is 1. The van der Waals surface area contributed by atoms with Gasteiger partial charge in [0.25, 0.3) is 0 Å². The Morgan fingerprint density at radius 1 is 1.16 bits per heavy atom. The summed E-state index contributed by atoms with van der Waals surface area (Å²) in [7, 11) is -0.295. The second-order valence-electron chi connectivity index (χ2n) is 5.88. The lowest BCUT2D eigenvalue weighted by Crippen LogP contribution is -2.06. The van der Waals surface area contributed by atoms with Crippen molar-refractivity contribution in [1.29, 1.82) is 0 Å². The lowest BCUT2D eigenvalue weighted by molar-refractivity contribution is 0.415. The third-order valence-electron chi connectivity index (χ3n) is 4.23. The van der Waals surface area contributed by atoms with E-state index in [0.717, 1.165) is 22.7 Å². The summed E-state index contributed by atoms with van der Waals surface area (Å²) in [6, 6.07) is 12.3. The number of aryl methyl sites for hydroxylation is 2. The summed E-state index contributed by atoms with van der Waals surface area (Å²) in [6.07, 6.45) is 2.93. The van der Waals surface area contributed by atoms with Crippen molar-refractivity contribution in [1.82, 2.24) is 4.57 Å². The van der Waals surface area contributed by atoms with Gasteiger partial charge in [-0.25, -0.2) is 8.42 Å². The van der Waals surface area contributed by atoms with Crippen LogP contribution in [0.5, 0.6) is 5.75 Å². The number of nitrogens with zero attached hydrogens (tertiary/aromatic N) is 1. The standard InChI is InChI=1S/C19H20N2O3S/c1-13-4-7-15(8-5-13)25(22,23)19(11-20)17-12-21(2)18-9-6-14(24-3)10-16(17)18/h4-12H,20H2,1-3H3/b19-11+. The van der Waals surface area contributed by atoms with Gasteiger partial charge in [0.15, 0.2) is 0 Å². The Morgan fingerprint density at radius 2 is 1.84 bits per heavy atom. The summed E-state index contributed by atoms with van der Waals surface area (Å²) in [6.45, 7) is 1.91. The first kappa shape index (κ1) is 17.1. The molecule has 1 heterocycles. The summed E-state index contributed by atoms with van der Waals surface area (Å²) < 4.78 is 33.3. The van der Waals surface area contributed by atoms with E-state index in [1.807, 2.05) is 36.7 Å². The number of aromatic nitrogens is 1. The normalized spacial score (nSPS) is 12.5. The Kier molecular flexibility index (Phi) is 4.30. The third kappa shape index (κ3) is 2.89. The summed E-state index contributed by atoms with van der Waals surface area (Å²) in [5.41, 5.74) is 8.19. The minimum atomic E-state index is -3.74. The molecule has 3 aromatic rings. The maximum absolute atomic E-state index is 13.1. The van der Waals surface area contributed by atoms with Gasteiger partial charge in [-0.3, -0.25) is 0 Å². The van der Waals surface area contributed by atoms with Crippen LogP contribution < -0.4 is 10.5 Å². The van der Waals surface area contributed by atoms with E-state index in [2.05, 4.69) is 0 Å². The molecule has 0 aliphatic rings. The molecule has 0 fully saturated rings. The van der Waals surface area contributed by atoms with Gasteiger partial charge in [-0.2, -0.15) is 0 Å². The minimum Gasteiger partial charge on any atom is -0.497 e. The number of ether oxygens (including phenoxy) is 1. The Hall–Kier alpha value is -2.73. The first-order valence-electron chi connectivity index (χ1n) is 7.75. The van der Waals surface area contributed by atoms with E-state index in [-0.39, 0.29) is 9.80 Å². The fourth-order valence-electron chi connectivity index (χ4n) is 2.86. The van der Waals surface area contributed by atoms with Crippen LogP contribution in [0.4, 0.5) is 0 Å². The summed E-state index contributed by atoms with van der Waals surface area (Å²) >= 11 is 0. The van der Waals surface area contributed by atoms with Gasteiger partial charge in [-0.15, -0.1) is 0 Å². The Morgan fingerprint density at radius 3 is 2.44 bits per heavy atom. The van der Waals surface area contributed by atoms with Gasteiger partial charge in [-0.05, 0) is 37.3 Å². The van der Waals surface area contributed by atoms with Gasteiger partial charge in [0.05, 0.1) is 16.9 Å². The SMILES string of the molecule is COc1ccc2c(c1)c(/C(=C\N)S(=O)(=O)c1ccc(C)cc1)cn2C. The number of sulfone groups is 1. The third-order valence-corrected chi connectivity index (χ3v) is 6.06. The molecule has 0 aliphatic carbocycles. The zero-order valence-corrected chi connectivity index (χ0v) is 15.2. The highest BCUT2D eigenvalue weighted by molar-refractivity contribution is 8.00. The van der Waals surface area contributed by atoms with Gasteiger partial charge in [0.2, 0.25) is 9.84 Å². The van der Waals surface area contributed by atoms with Gasteiger partial charge in [-0.1, -0.05) is 17.7 Å². The molecule has 3 rings (SSSR count). The maximum Gasteiger partial charge on any atom is 0.208 e. The van der Waals surface area contributed by atoms with Crippen molar-refractivity contribution < 1.29 is 13.2 Å². The highest BCUT2D eigenvalue weighted by atomic mass is 32.2. The van der Waals surface area contributed by atoms with Crippen LogP contribution in [0.3, 0.4) is 0 Å². The highest BCUT2D eigenvalue weighted by Crippen LogP contribution is 2.34. The molecule has 0 bridgehead atoms. The summed E-state index contributed by atoms with van der Waals surface area (Å²) in [5, 5.41) is 0.772. The second kappa shape index (κ2) is 6.29. The molecule has 0 saturated carbocycles. The van der Waals surface area contributed by atoms with E-state index in [9.17, 15) is 8.42 Å². The number of fused-ring (bicyclic) bond motifs is 1. The van der Waals surface area contributed by atoms with E-state index in [0.29, 0.717) is 11.3 Å². The Balaban J connectivity index is 2.22. The van der Waals surface area contributed by atoms with Crippen LogP contribution in [-0.4, -0.2) is 20.1 Å². The fourth-order valence-corrected chi connectivity index (χ4v) is 4.24. The van der Waals surface area contributed by atoms with Gasteiger partial charge in [0.1, 0.15) is 5.75 Å². The quantitative estimate of drug-likeness (QED) is 0.779. The van der Waals surface area contributed by atoms with Crippen LogP contribution in [0.1, 0.15) is 11.1 Å². The predicted octanol–water partition coefficient (Wildman–Crippen LogP) is 3.23. The topological polar surface area (TPSA) is 74.3 Å². The molecule has 2 aromatic carbocycles.